The summed E-state index contributed by atoms with van der Waals surface area (Å²) in [6, 6.07) is 3.87. The Labute approximate surface area is 137 Å². The highest BCUT2D eigenvalue weighted by atomic mass is 35.5. The van der Waals surface area contributed by atoms with Crippen LogP contribution in [0, 0.1) is 0 Å². The number of halogens is 1. The van der Waals surface area contributed by atoms with Crippen molar-refractivity contribution in [2.45, 2.75) is 13.0 Å². The number of rotatable bonds is 8. The van der Waals surface area contributed by atoms with Crippen LogP contribution in [0.2, 0.25) is 5.02 Å². The highest BCUT2D eigenvalue weighted by Gasteiger charge is 2.11. The molecule has 1 aliphatic rings. The minimum atomic E-state index is 0.576. The Balaban J connectivity index is 1.73. The van der Waals surface area contributed by atoms with E-state index in [-0.39, 0.29) is 0 Å². The Morgan fingerprint density at radius 3 is 2.68 bits per heavy atom. The van der Waals surface area contributed by atoms with Gasteiger partial charge in [-0.2, -0.15) is 0 Å². The van der Waals surface area contributed by atoms with Crippen LogP contribution in [0.5, 0.6) is 11.5 Å². The molecule has 1 fully saturated rings. The van der Waals surface area contributed by atoms with Gasteiger partial charge in [-0.3, -0.25) is 4.90 Å². The molecule has 0 aromatic heterocycles. The molecular formula is C16H25ClN2O3. The molecule has 1 aromatic rings. The number of methoxy groups -OCH3 is 2. The Morgan fingerprint density at radius 2 is 2.00 bits per heavy atom. The molecule has 22 heavy (non-hydrogen) atoms. The fraction of sp³-hybridized carbons (Fsp3) is 0.625. The van der Waals surface area contributed by atoms with Crippen LogP contribution in [-0.2, 0) is 11.3 Å². The maximum absolute atomic E-state index is 6.20. The van der Waals surface area contributed by atoms with E-state index in [1.165, 1.54) is 0 Å². The quantitative estimate of drug-likeness (QED) is 0.741. The monoisotopic (exact) mass is 328 g/mol. The lowest BCUT2D eigenvalue weighted by Gasteiger charge is -2.26. The van der Waals surface area contributed by atoms with E-state index >= 15 is 0 Å². The van der Waals surface area contributed by atoms with Crippen molar-refractivity contribution in [3.8, 4) is 11.5 Å². The molecule has 1 aromatic carbocycles. The maximum atomic E-state index is 6.20. The van der Waals surface area contributed by atoms with E-state index in [2.05, 4.69) is 10.2 Å². The summed E-state index contributed by atoms with van der Waals surface area (Å²) in [5, 5.41) is 4.02. The van der Waals surface area contributed by atoms with Crippen LogP contribution in [0.15, 0.2) is 12.1 Å². The Hall–Kier alpha value is -1.01. The minimum Gasteiger partial charge on any atom is -0.493 e. The van der Waals surface area contributed by atoms with Crippen molar-refractivity contribution in [1.82, 2.24) is 10.2 Å². The second-order valence-electron chi connectivity index (χ2n) is 5.30. The van der Waals surface area contributed by atoms with Gasteiger partial charge in [0.2, 0.25) is 0 Å². The SMILES string of the molecule is COc1cc(CNCCCN2CCOCC2)cc(Cl)c1OC. The normalized spacial score (nSPS) is 15.8. The summed E-state index contributed by atoms with van der Waals surface area (Å²) in [4.78, 5) is 2.44. The zero-order valence-corrected chi connectivity index (χ0v) is 14.1. The van der Waals surface area contributed by atoms with E-state index in [4.69, 9.17) is 25.8 Å². The average molecular weight is 329 g/mol. The molecule has 0 atom stereocenters. The summed E-state index contributed by atoms with van der Waals surface area (Å²) < 4.78 is 15.9. The minimum absolute atomic E-state index is 0.576. The second-order valence-corrected chi connectivity index (χ2v) is 5.70. The third-order valence-electron chi connectivity index (χ3n) is 3.75. The van der Waals surface area contributed by atoms with Gasteiger partial charge in [0.05, 0.1) is 32.5 Å². The van der Waals surface area contributed by atoms with Crippen LogP contribution in [-0.4, -0.2) is 58.5 Å². The molecule has 0 bridgehead atoms. The molecule has 2 rings (SSSR count). The van der Waals surface area contributed by atoms with E-state index < -0.39 is 0 Å². The highest BCUT2D eigenvalue weighted by molar-refractivity contribution is 6.32. The summed E-state index contributed by atoms with van der Waals surface area (Å²) in [7, 11) is 3.21. The van der Waals surface area contributed by atoms with Crippen molar-refractivity contribution in [3.63, 3.8) is 0 Å². The number of nitrogens with zero attached hydrogens (tertiary/aromatic N) is 1. The molecular weight excluding hydrogens is 304 g/mol. The predicted octanol–water partition coefficient (Wildman–Crippen LogP) is 2.17. The number of benzene rings is 1. The van der Waals surface area contributed by atoms with Gasteiger partial charge in [0.25, 0.3) is 0 Å². The smallest absolute Gasteiger partial charge is 0.179 e. The van der Waals surface area contributed by atoms with E-state index in [9.17, 15) is 0 Å². The molecule has 5 nitrogen and oxygen atoms in total. The van der Waals surface area contributed by atoms with Crippen LogP contribution in [0.1, 0.15) is 12.0 Å². The molecule has 0 aliphatic carbocycles. The van der Waals surface area contributed by atoms with Gasteiger partial charge in [-0.25, -0.2) is 0 Å². The van der Waals surface area contributed by atoms with Crippen molar-refractivity contribution in [3.05, 3.63) is 22.7 Å². The third-order valence-corrected chi connectivity index (χ3v) is 4.03. The number of hydrogen-bond donors (Lipinski definition) is 1. The van der Waals surface area contributed by atoms with Gasteiger partial charge in [-0.15, -0.1) is 0 Å². The first kappa shape index (κ1) is 17.3. The first-order chi connectivity index (χ1) is 10.7. The molecule has 1 heterocycles. The van der Waals surface area contributed by atoms with E-state index in [1.54, 1.807) is 14.2 Å². The van der Waals surface area contributed by atoms with Gasteiger partial charge in [0.1, 0.15) is 0 Å². The van der Waals surface area contributed by atoms with E-state index in [1.807, 2.05) is 12.1 Å². The molecule has 1 saturated heterocycles. The number of nitrogens with one attached hydrogen (secondary N) is 1. The summed E-state index contributed by atoms with van der Waals surface area (Å²) in [6.07, 6.45) is 1.13. The third kappa shape index (κ3) is 5.02. The lowest BCUT2D eigenvalue weighted by atomic mass is 10.2. The molecule has 0 amide bonds. The first-order valence-electron chi connectivity index (χ1n) is 7.66. The molecule has 0 saturated carbocycles. The van der Waals surface area contributed by atoms with Gasteiger partial charge in [0, 0.05) is 19.6 Å². The van der Waals surface area contributed by atoms with Crippen molar-refractivity contribution < 1.29 is 14.2 Å². The van der Waals surface area contributed by atoms with Crippen LogP contribution < -0.4 is 14.8 Å². The van der Waals surface area contributed by atoms with Crippen LogP contribution in [0.4, 0.5) is 0 Å². The van der Waals surface area contributed by atoms with Crippen molar-refractivity contribution in [2.75, 3.05) is 53.6 Å². The fourth-order valence-electron chi connectivity index (χ4n) is 2.56. The van der Waals surface area contributed by atoms with E-state index in [0.29, 0.717) is 16.5 Å². The predicted molar refractivity (Wildman–Crippen MR) is 88.1 cm³/mol. The molecule has 0 unspecified atom stereocenters. The van der Waals surface area contributed by atoms with Crippen LogP contribution >= 0.6 is 11.6 Å². The zero-order valence-electron chi connectivity index (χ0n) is 13.4. The largest absolute Gasteiger partial charge is 0.493 e. The maximum Gasteiger partial charge on any atom is 0.179 e. The lowest BCUT2D eigenvalue weighted by Crippen LogP contribution is -2.37. The molecule has 0 radical (unpaired) electrons. The number of ether oxygens (including phenoxy) is 3. The average Bonchev–Trinajstić information content (AvgIpc) is 2.55. The standard InChI is InChI=1S/C16H25ClN2O3/c1-20-15-11-13(10-14(17)16(15)21-2)12-18-4-3-5-19-6-8-22-9-7-19/h10-11,18H,3-9,12H2,1-2H3. The summed E-state index contributed by atoms with van der Waals surface area (Å²) in [5.41, 5.74) is 1.09. The first-order valence-corrected chi connectivity index (χ1v) is 8.03. The summed E-state index contributed by atoms with van der Waals surface area (Å²) in [5.74, 6) is 1.25. The van der Waals surface area contributed by atoms with Gasteiger partial charge in [-0.1, -0.05) is 11.6 Å². The molecule has 1 aliphatic heterocycles. The van der Waals surface area contributed by atoms with Gasteiger partial charge in [0.15, 0.2) is 11.5 Å². The Bertz CT molecular complexity index is 465. The summed E-state index contributed by atoms with van der Waals surface area (Å²) in [6.45, 7) is 6.67. The highest BCUT2D eigenvalue weighted by Crippen LogP contribution is 2.35. The molecule has 6 heteroatoms. The second kappa shape index (κ2) is 9.20. The van der Waals surface area contributed by atoms with Crippen molar-refractivity contribution in [1.29, 1.82) is 0 Å². The van der Waals surface area contributed by atoms with Crippen LogP contribution in [0.25, 0.3) is 0 Å². The van der Waals surface area contributed by atoms with Gasteiger partial charge >= 0.3 is 0 Å². The van der Waals surface area contributed by atoms with Gasteiger partial charge < -0.3 is 19.5 Å². The fourth-order valence-corrected chi connectivity index (χ4v) is 2.87. The number of morpholine rings is 1. The Morgan fingerprint density at radius 1 is 1.23 bits per heavy atom. The molecule has 124 valence electrons. The van der Waals surface area contributed by atoms with Crippen molar-refractivity contribution in [2.24, 2.45) is 0 Å². The molecule has 0 spiro atoms. The van der Waals surface area contributed by atoms with Crippen LogP contribution in [0.3, 0.4) is 0 Å². The zero-order chi connectivity index (χ0) is 15.8. The van der Waals surface area contributed by atoms with Crippen molar-refractivity contribution >= 4 is 11.6 Å². The molecule has 1 N–H and O–H groups in total. The van der Waals surface area contributed by atoms with E-state index in [0.717, 1.165) is 57.9 Å². The lowest BCUT2D eigenvalue weighted by molar-refractivity contribution is 0.0374. The Kier molecular flexibility index (Phi) is 7.25. The van der Waals surface area contributed by atoms with Gasteiger partial charge in [-0.05, 0) is 37.2 Å². The number of hydrogen-bond acceptors (Lipinski definition) is 5. The topological polar surface area (TPSA) is 43.0 Å². The summed E-state index contributed by atoms with van der Waals surface area (Å²) >= 11 is 6.20.